The SMILES string of the molecule is CCCC(CN)C(=O)N(CC(F)(F)F)C(CC)CC. The maximum absolute atomic E-state index is 12.6. The summed E-state index contributed by atoms with van der Waals surface area (Å²) in [5, 5.41) is 0. The van der Waals surface area contributed by atoms with E-state index in [1.165, 1.54) is 0 Å². The molecule has 0 aromatic heterocycles. The fourth-order valence-electron chi connectivity index (χ4n) is 2.23. The highest BCUT2D eigenvalue weighted by molar-refractivity contribution is 5.79. The summed E-state index contributed by atoms with van der Waals surface area (Å²) in [5.41, 5.74) is 5.52. The molecule has 0 spiro atoms. The van der Waals surface area contributed by atoms with Gasteiger partial charge >= 0.3 is 6.18 Å². The molecule has 0 heterocycles. The van der Waals surface area contributed by atoms with Crippen LogP contribution in [-0.4, -0.2) is 36.1 Å². The van der Waals surface area contributed by atoms with Crippen molar-refractivity contribution in [1.82, 2.24) is 4.90 Å². The van der Waals surface area contributed by atoms with E-state index in [1.54, 1.807) is 13.8 Å². The molecule has 0 aromatic carbocycles. The van der Waals surface area contributed by atoms with Crippen LogP contribution in [0.1, 0.15) is 46.5 Å². The molecule has 2 N–H and O–H groups in total. The van der Waals surface area contributed by atoms with E-state index in [0.717, 1.165) is 11.3 Å². The highest BCUT2D eigenvalue weighted by Gasteiger charge is 2.37. The Bertz CT molecular complexity index is 265. The van der Waals surface area contributed by atoms with Crippen LogP contribution in [0.15, 0.2) is 0 Å². The van der Waals surface area contributed by atoms with Gasteiger partial charge in [0.2, 0.25) is 5.91 Å². The Morgan fingerprint density at radius 1 is 1.21 bits per heavy atom. The third-order valence-corrected chi connectivity index (χ3v) is 3.29. The van der Waals surface area contributed by atoms with E-state index in [1.807, 2.05) is 6.92 Å². The van der Waals surface area contributed by atoms with Gasteiger partial charge in [-0.25, -0.2) is 0 Å². The van der Waals surface area contributed by atoms with Gasteiger partial charge in [-0.05, 0) is 19.3 Å². The Morgan fingerprint density at radius 2 is 1.74 bits per heavy atom. The highest BCUT2D eigenvalue weighted by Crippen LogP contribution is 2.23. The van der Waals surface area contributed by atoms with Crippen LogP contribution in [0.4, 0.5) is 13.2 Å². The molecule has 0 aromatic rings. The second-order valence-electron chi connectivity index (χ2n) is 4.77. The number of amides is 1. The summed E-state index contributed by atoms with van der Waals surface area (Å²) < 4.78 is 37.9. The molecule has 1 unspecified atom stereocenters. The van der Waals surface area contributed by atoms with E-state index in [-0.39, 0.29) is 12.6 Å². The van der Waals surface area contributed by atoms with Crippen molar-refractivity contribution < 1.29 is 18.0 Å². The Kier molecular flexibility index (Phi) is 8.06. The van der Waals surface area contributed by atoms with E-state index >= 15 is 0 Å². The Labute approximate surface area is 113 Å². The van der Waals surface area contributed by atoms with Gasteiger partial charge in [0.1, 0.15) is 6.54 Å². The van der Waals surface area contributed by atoms with E-state index in [0.29, 0.717) is 19.3 Å². The fraction of sp³-hybridized carbons (Fsp3) is 0.923. The average molecular weight is 282 g/mol. The van der Waals surface area contributed by atoms with Crippen molar-refractivity contribution >= 4 is 5.91 Å². The van der Waals surface area contributed by atoms with Crippen molar-refractivity contribution in [3.63, 3.8) is 0 Å². The molecule has 3 nitrogen and oxygen atoms in total. The number of rotatable bonds is 8. The van der Waals surface area contributed by atoms with Crippen LogP contribution >= 0.6 is 0 Å². The van der Waals surface area contributed by atoms with E-state index in [2.05, 4.69) is 0 Å². The molecule has 19 heavy (non-hydrogen) atoms. The molecular formula is C13H25F3N2O. The minimum absolute atomic E-state index is 0.0984. The molecule has 0 radical (unpaired) electrons. The highest BCUT2D eigenvalue weighted by atomic mass is 19.4. The van der Waals surface area contributed by atoms with Crippen LogP contribution in [0, 0.1) is 5.92 Å². The third-order valence-electron chi connectivity index (χ3n) is 3.29. The number of halogens is 3. The topological polar surface area (TPSA) is 46.3 Å². The van der Waals surface area contributed by atoms with Gasteiger partial charge in [-0.3, -0.25) is 4.79 Å². The summed E-state index contributed by atoms with van der Waals surface area (Å²) in [6, 6.07) is -0.375. The molecule has 0 saturated heterocycles. The van der Waals surface area contributed by atoms with Gasteiger partial charge in [-0.1, -0.05) is 27.2 Å². The summed E-state index contributed by atoms with van der Waals surface area (Å²) >= 11 is 0. The number of nitrogens with two attached hydrogens (primary N) is 1. The van der Waals surface area contributed by atoms with Crippen molar-refractivity contribution in [3.05, 3.63) is 0 Å². The van der Waals surface area contributed by atoms with Crippen LogP contribution in [0.25, 0.3) is 0 Å². The van der Waals surface area contributed by atoms with Crippen molar-refractivity contribution in [2.45, 2.75) is 58.7 Å². The lowest BCUT2D eigenvalue weighted by Crippen LogP contribution is -2.49. The maximum Gasteiger partial charge on any atom is 0.406 e. The van der Waals surface area contributed by atoms with Crippen molar-refractivity contribution in [1.29, 1.82) is 0 Å². The first-order chi connectivity index (χ1) is 8.80. The zero-order chi connectivity index (χ0) is 15.1. The largest absolute Gasteiger partial charge is 0.406 e. The van der Waals surface area contributed by atoms with Crippen LogP contribution in [0.2, 0.25) is 0 Å². The number of nitrogens with zero attached hydrogens (tertiary/aromatic N) is 1. The fourth-order valence-corrected chi connectivity index (χ4v) is 2.23. The van der Waals surface area contributed by atoms with Crippen molar-refractivity contribution in [2.75, 3.05) is 13.1 Å². The van der Waals surface area contributed by atoms with E-state index < -0.39 is 24.5 Å². The summed E-state index contributed by atoms with van der Waals surface area (Å²) in [7, 11) is 0. The Balaban J connectivity index is 5.04. The number of hydrogen-bond acceptors (Lipinski definition) is 2. The number of carbonyl (C=O) groups excluding carboxylic acids is 1. The molecule has 1 atom stereocenters. The predicted octanol–water partition coefficient (Wildman–Crippen LogP) is 2.94. The Hall–Kier alpha value is -0.780. The van der Waals surface area contributed by atoms with Crippen LogP contribution in [0.3, 0.4) is 0 Å². The van der Waals surface area contributed by atoms with Crippen LogP contribution in [0.5, 0.6) is 0 Å². The molecule has 0 fully saturated rings. The monoisotopic (exact) mass is 282 g/mol. The van der Waals surface area contributed by atoms with Gasteiger partial charge in [0, 0.05) is 12.6 Å². The number of hydrogen-bond donors (Lipinski definition) is 1. The second kappa shape index (κ2) is 8.40. The molecule has 0 saturated carbocycles. The number of carbonyl (C=O) groups is 1. The minimum Gasteiger partial charge on any atom is -0.330 e. The third kappa shape index (κ3) is 6.27. The van der Waals surface area contributed by atoms with Gasteiger partial charge in [0.25, 0.3) is 0 Å². The maximum atomic E-state index is 12.6. The first-order valence-electron chi connectivity index (χ1n) is 6.87. The summed E-state index contributed by atoms with van der Waals surface area (Å²) in [5.74, 6) is -0.969. The average Bonchev–Trinajstić information content (AvgIpc) is 2.34. The zero-order valence-electron chi connectivity index (χ0n) is 12.0. The van der Waals surface area contributed by atoms with Gasteiger partial charge in [0.15, 0.2) is 0 Å². The number of alkyl halides is 3. The van der Waals surface area contributed by atoms with E-state index in [9.17, 15) is 18.0 Å². The molecule has 6 heteroatoms. The molecule has 0 rings (SSSR count). The quantitative estimate of drug-likeness (QED) is 0.744. The second-order valence-corrected chi connectivity index (χ2v) is 4.77. The summed E-state index contributed by atoms with van der Waals surface area (Å²) in [4.78, 5) is 13.2. The standard InChI is InChI=1S/C13H25F3N2O/c1-4-7-10(8-17)12(19)18(9-13(14,15)16)11(5-2)6-3/h10-11H,4-9,17H2,1-3H3. The van der Waals surface area contributed by atoms with Crippen molar-refractivity contribution in [3.8, 4) is 0 Å². The van der Waals surface area contributed by atoms with Gasteiger partial charge in [-0.15, -0.1) is 0 Å². The molecule has 0 aliphatic carbocycles. The normalized spacial score (nSPS) is 13.7. The first-order valence-corrected chi connectivity index (χ1v) is 6.87. The predicted molar refractivity (Wildman–Crippen MR) is 69.6 cm³/mol. The lowest BCUT2D eigenvalue weighted by molar-refractivity contribution is -0.168. The van der Waals surface area contributed by atoms with Gasteiger partial charge < -0.3 is 10.6 Å². The summed E-state index contributed by atoms with van der Waals surface area (Å²) in [6.45, 7) is 4.39. The lowest BCUT2D eigenvalue weighted by atomic mass is 10.00. The van der Waals surface area contributed by atoms with Crippen LogP contribution in [-0.2, 0) is 4.79 Å². The molecule has 1 amide bonds. The molecule has 0 bridgehead atoms. The van der Waals surface area contributed by atoms with Crippen molar-refractivity contribution in [2.24, 2.45) is 11.7 Å². The first kappa shape index (κ1) is 18.2. The van der Waals surface area contributed by atoms with Gasteiger partial charge in [0.05, 0.1) is 5.92 Å². The molecular weight excluding hydrogens is 257 g/mol. The van der Waals surface area contributed by atoms with E-state index in [4.69, 9.17) is 5.73 Å². The molecule has 0 aliphatic rings. The lowest BCUT2D eigenvalue weighted by Gasteiger charge is -2.34. The Morgan fingerprint density at radius 3 is 2.05 bits per heavy atom. The minimum atomic E-state index is -4.37. The zero-order valence-corrected chi connectivity index (χ0v) is 12.0. The summed E-state index contributed by atoms with van der Waals surface area (Å²) in [6.07, 6.45) is -2.08. The smallest absolute Gasteiger partial charge is 0.330 e. The molecule has 114 valence electrons. The van der Waals surface area contributed by atoms with Gasteiger partial charge in [-0.2, -0.15) is 13.2 Å². The van der Waals surface area contributed by atoms with Crippen LogP contribution < -0.4 is 5.73 Å². The molecule has 0 aliphatic heterocycles.